The number of imidazole rings is 1. The fraction of sp³-hybridized carbons (Fsp3) is 0.250. The molecular weight excluding hydrogens is 268 g/mol. The van der Waals surface area contributed by atoms with Gasteiger partial charge in [-0.25, -0.2) is 4.98 Å². The van der Waals surface area contributed by atoms with Gasteiger partial charge in [0.05, 0.1) is 13.4 Å². The second kappa shape index (κ2) is 4.29. The monoisotopic (exact) mass is 280 g/mol. The van der Waals surface area contributed by atoms with E-state index in [9.17, 15) is 0 Å². The van der Waals surface area contributed by atoms with E-state index in [0.29, 0.717) is 0 Å². The van der Waals surface area contributed by atoms with Gasteiger partial charge in [0.15, 0.2) is 0 Å². The maximum atomic E-state index is 5.44. The molecule has 0 aliphatic rings. The van der Waals surface area contributed by atoms with Crippen molar-refractivity contribution < 1.29 is 4.74 Å². The average molecular weight is 281 g/mol. The number of benzene rings is 1. The number of nitrogens with one attached hydrogen (secondary N) is 1. The first kappa shape index (κ1) is 11.2. The van der Waals surface area contributed by atoms with Crippen molar-refractivity contribution in [3.05, 3.63) is 34.2 Å². The molecule has 0 unspecified atom stereocenters. The summed E-state index contributed by atoms with van der Waals surface area (Å²) in [4.78, 5) is 7.30. The highest BCUT2D eigenvalue weighted by atomic mass is 79.9. The lowest BCUT2D eigenvalue weighted by Gasteiger charge is -2.11. The molecule has 0 saturated heterocycles. The number of rotatable bonds is 2. The van der Waals surface area contributed by atoms with Crippen LogP contribution in [-0.4, -0.2) is 17.1 Å². The Hall–Kier alpha value is -1.29. The zero-order valence-corrected chi connectivity index (χ0v) is 11.1. The van der Waals surface area contributed by atoms with E-state index in [2.05, 4.69) is 45.0 Å². The van der Waals surface area contributed by atoms with Gasteiger partial charge < -0.3 is 9.72 Å². The van der Waals surface area contributed by atoms with Gasteiger partial charge in [-0.1, -0.05) is 6.07 Å². The first-order valence-corrected chi connectivity index (χ1v) is 5.77. The molecule has 0 bridgehead atoms. The lowest BCUT2D eigenvalue weighted by Crippen LogP contribution is -1.93. The minimum absolute atomic E-state index is 0.871. The topological polar surface area (TPSA) is 37.9 Å². The normalized spacial score (nSPS) is 10.5. The molecule has 4 heteroatoms. The van der Waals surface area contributed by atoms with Crippen molar-refractivity contribution in [3.8, 4) is 17.0 Å². The first-order valence-electron chi connectivity index (χ1n) is 4.98. The molecule has 0 radical (unpaired) electrons. The van der Waals surface area contributed by atoms with Crippen LogP contribution in [0.25, 0.3) is 11.3 Å². The highest BCUT2D eigenvalue weighted by Crippen LogP contribution is 2.35. The number of hydrogen-bond donors (Lipinski definition) is 1. The summed E-state index contributed by atoms with van der Waals surface area (Å²) in [6.07, 6.45) is 1.66. The fourth-order valence-electron chi connectivity index (χ4n) is 1.87. The Balaban J connectivity index is 2.68. The Morgan fingerprint density at radius 3 is 2.62 bits per heavy atom. The molecule has 1 aromatic carbocycles. The summed E-state index contributed by atoms with van der Waals surface area (Å²) in [5.41, 5.74) is 4.20. The minimum atomic E-state index is 0.871. The summed E-state index contributed by atoms with van der Waals surface area (Å²) in [6.45, 7) is 4.10. The Labute approximate surface area is 103 Å². The molecule has 1 N–H and O–H groups in total. The van der Waals surface area contributed by atoms with Crippen molar-refractivity contribution in [1.29, 1.82) is 0 Å². The Morgan fingerprint density at radius 1 is 1.31 bits per heavy atom. The van der Waals surface area contributed by atoms with E-state index in [1.54, 1.807) is 13.4 Å². The standard InChI is InChI=1S/C12H13BrN2O/c1-7-4-8(2)11(16-3)9(5-7)10-12(13)15-6-14-10/h4-6H,1-3H3,(H,14,15). The third-order valence-electron chi connectivity index (χ3n) is 2.47. The third-order valence-corrected chi connectivity index (χ3v) is 3.08. The summed E-state index contributed by atoms with van der Waals surface area (Å²) in [6, 6.07) is 4.18. The van der Waals surface area contributed by atoms with Crippen LogP contribution in [0.1, 0.15) is 11.1 Å². The average Bonchev–Trinajstić information content (AvgIpc) is 2.63. The SMILES string of the molecule is COc1c(C)cc(C)cc1-c1nc[nH]c1Br. The van der Waals surface area contributed by atoms with E-state index in [1.807, 2.05) is 6.92 Å². The second-order valence-electron chi connectivity index (χ2n) is 3.73. The van der Waals surface area contributed by atoms with Gasteiger partial charge in [0.25, 0.3) is 0 Å². The van der Waals surface area contributed by atoms with E-state index in [-0.39, 0.29) is 0 Å². The molecule has 0 fully saturated rings. The number of aromatic amines is 1. The molecule has 1 heterocycles. The van der Waals surface area contributed by atoms with Crippen LogP contribution in [0.5, 0.6) is 5.75 Å². The molecule has 0 amide bonds. The van der Waals surface area contributed by atoms with Crippen LogP contribution in [0.2, 0.25) is 0 Å². The highest BCUT2D eigenvalue weighted by molar-refractivity contribution is 9.10. The number of nitrogens with zero attached hydrogens (tertiary/aromatic N) is 1. The fourth-order valence-corrected chi connectivity index (χ4v) is 2.29. The van der Waals surface area contributed by atoms with Crippen molar-refractivity contribution in [2.45, 2.75) is 13.8 Å². The quantitative estimate of drug-likeness (QED) is 0.915. The van der Waals surface area contributed by atoms with Gasteiger partial charge in [0, 0.05) is 5.56 Å². The van der Waals surface area contributed by atoms with Gasteiger partial charge in [-0.2, -0.15) is 0 Å². The lowest BCUT2D eigenvalue weighted by atomic mass is 10.0. The Kier molecular flexibility index (Phi) is 3.01. The zero-order chi connectivity index (χ0) is 11.7. The number of ether oxygens (including phenoxy) is 1. The van der Waals surface area contributed by atoms with Gasteiger partial charge in [-0.15, -0.1) is 0 Å². The Bertz CT molecular complexity index is 520. The summed E-state index contributed by atoms with van der Waals surface area (Å²) in [5, 5.41) is 0. The number of halogens is 1. The number of methoxy groups -OCH3 is 1. The molecule has 1 aromatic heterocycles. The molecule has 0 atom stereocenters. The Morgan fingerprint density at radius 2 is 2.06 bits per heavy atom. The molecule has 0 spiro atoms. The van der Waals surface area contributed by atoms with Crippen LogP contribution in [-0.2, 0) is 0 Å². The van der Waals surface area contributed by atoms with Crippen molar-refractivity contribution in [3.63, 3.8) is 0 Å². The second-order valence-corrected chi connectivity index (χ2v) is 4.52. The van der Waals surface area contributed by atoms with Gasteiger partial charge in [-0.3, -0.25) is 0 Å². The minimum Gasteiger partial charge on any atom is -0.496 e. The van der Waals surface area contributed by atoms with E-state index >= 15 is 0 Å². The highest BCUT2D eigenvalue weighted by Gasteiger charge is 2.14. The molecule has 0 aliphatic heterocycles. The van der Waals surface area contributed by atoms with Crippen molar-refractivity contribution in [1.82, 2.24) is 9.97 Å². The van der Waals surface area contributed by atoms with Crippen LogP contribution < -0.4 is 4.74 Å². The van der Waals surface area contributed by atoms with Crippen LogP contribution in [0.3, 0.4) is 0 Å². The molecule has 2 rings (SSSR count). The molecule has 84 valence electrons. The molecule has 0 aliphatic carbocycles. The number of hydrogen-bond acceptors (Lipinski definition) is 2. The van der Waals surface area contributed by atoms with Gasteiger partial charge in [0.2, 0.25) is 0 Å². The molecule has 2 aromatic rings. The van der Waals surface area contributed by atoms with Gasteiger partial charge in [-0.05, 0) is 47.0 Å². The summed E-state index contributed by atoms with van der Waals surface area (Å²) < 4.78 is 6.31. The van der Waals surface area contributed by atoms with Crippen LogP contribution >= 0.6 is 15.9 Å². The third kappa shape index (κ3) is 1.85. The van der Waals surface area contributed by atoms with E-state index < -0.39 is 0 Å². The molecule has 0 saturated carbocycles. The van der Waals surface area contributed by atoms with E-state index in [1.165, 1.54) is 5.56 Å². The van der Waals surface area contributed by atoms with Crippen molar-refractivity contribution in [2.75, 3.05) is 7.11 Å². The predicted molar refractivity (Wildman–Crippen MR) is 67.7 cm³/mol. The predicted octanol–water partition coefficient (Wildman–Crippen LogP) is 3.46. The maximum absolute atomic E-state index is 5.44. The first-order chi connectivity index (χ1) is 7.63. The number of aromatic nitrogens is 2. The van der Waals surface area contributed by atoms with E-state index in [4.69, 9.17) is 4.74 Å². The van der Waals surface area contributed by atoms with E-state index in [0.717, 1.165) is 27.2 Å². The zero-order valence-electron chi connectivity index (χ0n) is 9.47. The molecule has 3 nitrogen and oxygen atoms in total. The summed E-state index contributed by atoms with van der Waals surface area (Å²) in [7, 11) is 1.68. The molecular formula is C12H13BrN2O. The number of aryl methyl sites for hydroxylation is 2. The lowest BCUT2D eigenvalue weighted by molar-refractivity contribution is 0.413. The van der Waals surface area contributed by atoms with Crippen molar-refractivity contribution >= 4 is 15.9 Å². The van der Waals surface area contributed by atoms with Gasteiger partial charge in [0.1, 0.15) is 16.0 Å². The van der Waals surface area contributed by atoms with Crippen LogP contribution in [0, 0.1) is 13.8 Å². The summed E-state index contributed by atoms with van der Waals surface area (Å²) in [5.74, 6) is 0.874. The maximum Gasteiger partial charge on any atom is 0.131 e. The number of H-pyrrole nitrogens is 1. The smallest absolute Gasteiger partial charge is 0.131 e. The summed E-state index contributed by atoms with van der Waals surface area (Å²) >= 11 is 3.44. The van der Waals surface area contributed by atoms with Gasteiger partial charge >= 0.3 is 0 Å². The van der Waals surface area contributed by atoms with Crippen LogP contribution in [0.4, 0.5) is 0 Å². The van der Waals surface area contributed by atoms with Crippen molar-refractivity contribution in [2.24, 2.45) is 0 Å². The largest absolute Gasteiger partial charge is 0.496 e. The molecule has 16 heavy (non-hydrogen) atoms. The van der Waals surface area contributed by atoms with Crippen LogP contribution in [0.15, 0.2) is 23.1 Å².